The average Bonchev–Trinajstić information content (AvgIpc) is 2.76. The van der Waals surface area contributed by atoms with Crippen molar-refractivity contribution >= 4 is 29.0 Å². The molecule has 1 aliphatic heterocycles. The van der Waals surface area contributed by atoms with Crippen LogP contribution >= 0.6 is 12.2 Å². The minimum Gasteiger partial charge on any atom is -0.339 e. The lowest BCUT2D eigenvalue weighted by atomic mass is 10.0. The number of likely N-dealkylation sites (tertiary alicyclic amines) is 1. The Labute approximate surface area is 139 Å². The molecule has 0 bridgehead atoms. The minimum absolute atomic E-state index is 0.0287. The van der Waals surface area contributed by atoms with Crippen molar-refractivity contribution in [3.8, 4) is 0 Å². The van der Waals surface area contributed by atoms with Crippen molar-refractivity contribution in [3.63, 3.8) is 0 Å². The normalized spacial score (nSPS) is 18.9. The van der Waals surface area contributed by atoms with E-state index in [0.29, 0.717) is 27.2 Å². The van der Waals surface area contributed by atoms with Gasteiger partial charge in [0.2, 0.25) is 0 Å². The van der Waals surface area contributed by atoms with Gasteiger partial charge in [0.05, 0.1) is 10.9 Å². The highest BCUT2D eigenvalue weighted by Crippen LogP contribution is 2.19. The van der Waals surface area contributed by atoms with Crippen molar-refractivity contribution in [3.05, 3.63) is 38.9 Å². The molecule has 6 heteroatoms. The molecule has 1 atom stereocenters. The van der Waals surface area contributed by atoms with Crippen LogP contribution in [-0.2, 0) is 7.05 Å². The van der Waals surface area contributed by atoms with E-state index < -0.39 is 0 Å². The number of rotatable bonds is 1. The summed E-state index contributed by atoms with van der Waals surface area (Å²) in [4.78, 5) is 29.9. The molecular formula is C17H21N3O2S. The van der Waals surface area contributed by atoms with Gasteiger partial charge >= 0.3 is 0 Å². The Hall–Kier alpha value is -1.95. The number of aromatic amines is 1. The van der Waals surface area contributed by atoms with Crippen LogP contribution in [0, 0.1) is 10.7 Å². The van der Waals surface area contributed by atoms with E-state index in [0.717, 1.165) is 25.9 Å². The first-order valence-electron chi connectivity index (χ1n) is 7.99. The Balaban J connectivity index is 1.97. The van der Waals surface area contributed by atoms with Crippen molar-refractivity contribution in [1.82, 2.24) is 14.5 Å². The van der Waals surface area contributed by atoms with Crippen LogP contribution < -0.4 is 5.56 Å². The van der Waals surface area contributed by atoms with Crippen molar-refractivity contribution in [2.24, 2.45) is 13.0 Å². The monoisotopic (exact) mass is 331 g/mol. The maximum Gasteiger partial charge on any atom is 0.261 e. The van der Waals surface area contributed by atoms with E-state index in [1.165, 1.54) is 11.0 Å². The standard InChI is InChI=1S/C17H21N3O2S/c1-11-4-3-8-20(9-7-11)15(21)12-5-6-13-14(10-12)18-17(23)19(2)16(13)22/h5-6,10-11H,3-4,7-9H2,1-2H3,(H,18,23). The van der Waals surface area contributed by atoms with Gasteiger partial charge in [0, 0.05) is 25.7 Å². The van der Waals surface area contributed by atoms with Crippen LogP contribution in [0.2, 0.25) is 0 Å². The Bertz CT molecular complexity index is 868. The zero-order valence-electron chi connectivity index (χ0n) is 13.5. The summed E-state index contributed by atoms with van der Waals surface area (Å²) in [5.74, 6) is 0.699. The van der Waals surface area contributed by atoms with E-state index in [1.807, 2.05) is 4.90 Å². The van der Waals surface area contributed by atoms with Crippen molar-refractivity contribution in [2.75, 3.05) is 13.1 Å². The highest BCUT2D eigenvalue weighted by Gasteiger charge is 2.20. The quantitative estimate of drug-likeness (QED) is 0.818. The molecule has 0 radical (unpaired) electrons. The van der Waals surface area contributed by atoms with E-state index in [4.69, 9.17) is 12.2 Å². The number of benzene rings is 1. The fourth-order valence-corrected chi connectivity index (χ4v) is 3.28. The summed E-state index contributed by atoms with van der Waals surface area (Å²) < 4.78 is 1.76. The Morgan fingerprint density at radius 3 is 2.87 bits per heavy atom. The smallest absolute Gasteiger partial charge is 0.261 e. The first kappa shape index (κ1) is 15.9. The first-order valence-corrected chi connectivity index (χ1v) is 8.40. The average molecular weight is 331 g/mol. The van der Waals surface area contributed by atoms with Gasteiger partial charge in [-0.15, -0.1) is 0 Å². The maximum absolute atomic E-state index is 12.7. The molecule has 1 amide bonds. The molecule has 5 nitrogen and oxygen atoms in total. The molecule has 3 rings (SSSR count). The summed E-state index contributed by atoms with van der Waals surface area (Å²) in [7, 11) is 1.64. The lowest BCUT2D eigenvalue weighted by Gasteiger charge is -2.20. The lowest BCUT2D eigenvalue weighted by molar-refractivity contribution is 0.0760. The molecule has 2 aromatic rings. The van der Waals surface area contributed by atoms with Gasteiger partial charge in [0.15, 0.2) is 4.77 Å². The SMILES string of the molecule is CC1CCCN(C(=O)c2ccc3c(=O)n(C)c(=S)[nH]c3c2)CC1. The van der Waals surface area contributed by atoms with E-state index >= 15 is 0 Å². The number of nitrogens with one attached hydrogen (secondary N) is 1. The second-order valence-corrected chi connectivity index (χ2v) is 6.77. The summed E-state index contributed by atoms with van der Waals surface area (Å²) in [5, 5.41) is 0.544. The maximum atomic E-state index is 12.7. The van der Waals surface area contributed by atoms with E-state index in [2.05, 4.69) is 11.9 Å². The van der Waals surface area contributed by atoms with Crippen LogP contribution in [-0.4, -0.2) is 33.4 Å². The Morgan fingerprint density at radius 1 is 1.30 bits per heavy atom. The highest BCUT2D eigenvalue weighted by molar-refractivity contribution is 7.71. The molecule has 1 aliphatic rings. The first-order chi connectivity index (χ1) is 11.0. The number of carbonyl (C=O) groups is 1. The zero-order chi connectivity index (χ0) is 16.6. The summed E-state index contributed by atoms with van der Waals surface area (Å²) in [6.45, 7) is 3.83. The highest BCUT2D eigenvalue weighted by atomic mass is 32.1. The number of fused-ring (bicyclic) bond motifs is 1. The molecular weight excluding hydrogens is 310 g/mol. The number of H-pyrrole nitrogens is 1. The van der Waals surface area contributed by atoms with E-state index in [9.17, 15) is 9.59 Å². The number of carbonyl (C=O) groups excluding carboxylic acids is 1. The number of hydrogen-bond acceptors (Lipinski definition) is 3. The lowest BCUT2D eigenvalue weighted by Crippen LogP contribution is -2.32. The van der Waals surface area contributed by atoms with Crippen LogP contribution in [0.1, 0.15) is 36.5 Å². The molecule has 0 aliphatic carbocycles. The summed E-state index contributed by atoms with van der Waals surface area (Å²) in [5.41, 5.74) is 1.07. The molecule has 1 unspecified atom stereocenters. The summed E-state index contributed by atoms with van der Waals surface area (Å²) in [6.07, 6.45) is 3.26. The van der Waals surface area contributed by atoms with Gasteiger partial charge in [0.25, 0.3) is 11.5 Å². The Kier molecular flexibility index (Phi) is 4.35. The van der Waals surface area contributed by atoms with Crippen LogP contribution in [0.3, 0.4) is 0 Å². The molecule has 0 saturated carbocycles. The fraction of sp³-hybridized carbons (Fsp3) is 0.471. The second kappa shape index (κ2) is 6.28. The van der Waals surface area contributed by atoms with Crippen molar-refractivity contribution < 1.29 is 4.79 Å². The van der Waals surface area contributed by atoms with Crippen LogP contribution in [0.25, 0.3) is 10.9 Å². The second-order valence-electron chi connectivity index (χ2n) is 6.38. The molecule has 1 aromatic carbocycles. The number of nitrogens with zero attached hydrogens (tertiary/aromatic N) is 2. The van der Waals surface area contributed by atoms with Gasteiger partial charge in [-0.1, -0.05) is 6.92 Å². The third-order valence-electron chi connectivity index (χ3n) is 4.65. The predicted molar refractivity (Wildman–Crippen MR) is 93.3 cm³/mol. The van der Waals surface area contributed by atoms with Gasteiger partial charge in [-0.2, -0.15) is 0 Å². The van der Waals surface area contributed by atoms with Crippen molar-refractivity contribution in [1.29, 1.82) is 0 Å². The van der Waals surface area contributed by atoms with Crippen LogP contribution in [0.5, 0.6) is 0 Å². The van der Waals surface area contributed by atoms with Crippen LogP contribution in [0.4, 0.5) is 0 Å². The summed E-state index contributed by atoms with van der Waals surface area (Å²) >= 11 is 5.15. The van der Waals surface area contributed by atoms with Gasteiger partial charge < -0.3 is 9.88 Å². The molecule has 1 N–H and O–H groups in total. The predicted octanol–water partition coefficient (Wildman–Crippen LogP) is 2.86. The van der Waals surface area contributed by atoms with Crippen molar-refractivity contribution in [2.45, 2.75) is 26.2 Å². The molecule has 2 heterocycles. The Morgan fingerprint density at radius 2 is 2.09 bits per heavy atom. The number of aromatic nitrogens is 2. The molecule has 1 fully saturated rings. The fourth-order valence-electron chi connectivity index (χ4n) is 3.09. The topological polar surface area (TPSA) is 58.1 Å². The molecule has 122 valence electrons. The zero-order valence-corrected chi connectivity index (χ0v) is 14.3. The van der Waals surface area contributed by atoms with E-state index in [-0.39, 0.29) is 11.5 Å². The third-order valence-corrected chi connectivity index (χ3v) is 5.03. The molecule has 1 aromatic heterocycles. The number of amides is 1. The number of hydrogen-bond donors (Lipinski definition) is 1. The van der Waals surface area contributed by atoms with Crippen LogP contribution in [0.15, 0.2) is 23.0 Å². The molecule has 0 spiro atoms. The van der Waals surface area contributed by atoms with Gasteiger partial charge in [-0.25, -0.2) is 0 Å². The molecule has 1 saturated heterocycles. The van der Waals surface area contributed by atoms with Gasteiger partial charge in [0.1, 0.15) is 0 Å². The largest absolute Gasteiger partial charge is 0.339 e. The van der Waals surface area contributed by atoms with E-state index in [1.54, 1.807) is 25.2 Å². The van der Waals surface area contributed by atoms with Gasteiger partial charge in [-0.3, -0.25) is 14.2 Å². The summed E-state index contributed by atoms with van der Waals surface area (Å²) in [6, 6.07) is 5.18. The van der Waals surface area contributed by atoms with Gasteiger partial charge in [-0.05, 0) is 55.6 Å². The molecule has 23 heavy (non-hydrogen) atoms. The third kappa shape index (κ3) is 3.08. The minimum atomic E-state index is -0.147.